The van der Waals surface area contributed by atoms with Gasteiger partial charge in [-0.3, -0.25) is 0 Å². The van der Waals surface area contributed by atoms with Crippen molar-refractivity contribution in [3.8, 4) is 11.8 Å². The van der Waals surface area contributed by atoms with E-state index >= 15 is 0 Å². The van der Waals surface area contributed by atoms with E-state index in [-0.39, 0.29) is 0 Å². The predicted molar refractivity (Wildman–Crippen MR) is 84.5 cm³/mol. The molecule has 0 aliphatic rings. The van der Waals surface area contributed by atoms with E-state index in [1.807, 2.05) is 32.0 Å². The molecule has 0 radical (unpaired) electrons. The average Bonchev–Trinajstić information content (AvgIpc) is 2.46. The highest BCUT2D eigenvalue weighted by atomic mass is 35.5. The van der Waals surface area contributed by atoms with Gasteiger partial charge < -0.3 is 14.8 Å². The first-order valence-corrected chi connectivity index (χ1v) is 7.39. The number of rotatable bonds is 9. The first-order chi connectivity index (χ1) is 10.00. The number of para-hydroxylation sites is 1. The van der Waals surface area contributed by atoms with E-state index in [0.717, 1.165) is 12.1 Å². The molecule has 0 spiro atoms. The number of hydrogen-bond acceptors (Lipinski definition) is 4. The number of halogens is 1. The van der Waals surface area contributed by atoms with E-state index < -0.39 is 5.41 Å². The van der Waals surface area contributed by atoms with Crippen molar-refractivity contribution in [2.24, 2.45) is 5.41 Å². The minimum Gasteiger partial charge on any atom is -0.492 e. The maximum absolute atomic E-state index is 9.01. The zero-order valence-corrected chi connectivity index (χ0v) is 13.7. The minimum atomic E-state index is -0.391. The molecule has 5 heteroatoms. The quantitative estimate of drug-likeness (QED) is 0.710. The Kier molecular flexibility index (Phi) is 7.52. The number of hydrogen-bond donors (Lipinski definition) is 1. The van der Waals surface area contributed by atoms with Gasteiger partial charge in [-0.05, 0) is 26.3 Å². The summed E-state index contributed by atoms with van der Waals surface area (Å²) in [5.74, 6) is 0.692. The van der Waals surface area contributed by atoms with Crippen molar-refractivity contribution in [1.29, 1.82) is 5.26 Å². The Hall–Kier alpha value is -1.28. The van der Waals surface area contributed by atoms with Gasteiger partial charge in [0.05, 0.1) is 29.7 Å². The third-order valence-corrected chi connectivity index (χ3v) is 3.42. The summed E-state index contributed by atoms with van der Waals surface area (Å²) in [6, 6.07) is 7.96. The lowest BCUT2D eigenvalue weighted by atomic mass is 9.92. The van der Waals surface area contributed by atoms with E-state index in [1.54, 1.807) is 7.11 Å². The van der Waals surface area contributed by atoms with E-state index in [0.29, 0.717) is 37.0 Å². The van der Waals surface area contributed by atoms with Crippen molar-refractivity contribution in [3.63, 3.8) is 0 Å². The molecule has 116 valence electrons. The fourth-order valence-corrected chi connectivity index (χ4v) is 1.96. The molecule has 0 fully saturated rings. The van der Waals surface area contributed by atoms with Crippen molar-refractivity contribution in [2.45, 2.75) is 26.8 Å². The van der Waals surface area contributed by atoms with Crippen LogP contribution in [0.3, 0.4) is 0 Å². The summed E-state index contributed by atoms with van der Waals surface area (Å²) in [6.07, 6.45) is 0.658. The van der Waals surface area contributed by atoms with Crippen molar-refractivity contribution < 1.29 is 9.47 Å². The molecule has 0 saturated carbocycles. The summed E-state index contributed by atoms with van der Waals surface area (Å²) in [4.78, 5) is 0. The number of benzene rings is 1. The highest BCUT2D eigenvalue weighted by molar-refractivity contribution is 6.32. The smallest absolute Gasteiger partial charge is 0.142 e. The number of nitriles is 1. The summed E-state index contributed by atoms with van der Waals surface area (Å²) in [6.45, 7) is 6.36. The van der Waals surface area contributed by atoms with Crippen LogP contribution in [0.1, 0.15) is 25.8 Å². The molecule has 0 aliphatic carbocycles. The minimum absolute atomic E-state index is 0.391. The van der Waals surface area contributed by atoms with Crippen LogP contribution in [0.15, 0.2) is 18.2 Å². The molecule has 1 aromatic rings. The summed E-state index contributed by atoms with van der Waals surface area (Å²) >= 11 is 6.21. The molecule has 0 unspecified atom stereocenters. The van der Waals surface area contributed by atoms with Gasteiger partial charge in [0.2, 0.25) is 0 Å². The first kappa shape index (κ1) is 17.8. The zero-order valence-electron chi connectivity index (χ0n) is 12.9. The van der Waals surface area contributed by atoms with E-state index in [9.17, 15) is 0 Å². The number of methoxy groups -OCH3 is 1. The molecule has 0 heterocycles. The Morgan fingerprint density at radius 2 is 2.10 bits per heavy atom. The molecular formula is C16H23ClN2O2. The van der Waals surface area contributed by atoms with Crippen LogP contribution in [0.25, 0.3) is 0 Å². The van der Waals surface area contributed by atoms with Crippen LogP contribution in [-0.2, 0) is 11.3 Å². The van der Waals surface area contributed by atoms with Gasteiger partial charge in [0.1, 0.15) is 5.75 Å². The summed E-state index contributed by atoms with van der Waals surface area (Å²) in [7, 11) is 1.67. The molecule has 4 nitrogen and oxygen atoms in total. The summed E-state index contributed by atoms with van der Waals surface area (Å²) < 4.78 is 10.8. The van der Waals surface area contributed by atoms with Crippen molar-refractivity contribution >= 4 is 11.6 Å². The van der Waals surface area contributed by atoms with Crippen molar-refractivity contribution in [1.82, 2.24) is 5.32 Å². The standard InChI is InChI=1S/C16H23ClN2O2/c1-16(2,12-18)7-9-21-15-13(5-4-6-14(15)17)11-19-8-10-20-3/h4-6,19H,7-11H2,1-3H3. The maximum atomic E-state index is 9.01. The van der Waals surface area contributed by atoms with Crippen LogP contribution < -0.4 is 10.1 Å². The molecule has 21 heavy (non-hydrogen) atoms. The lowest BCUT2D eigenvalue weighted by molar-refractivity contribution is 0.199. The van der Waals surface area contributed by atoms with Gasteiger partial charge >= 0.3 is 0 Å². The fraction of sp³-hybridized carbons (Fsp3) is 0.562. The molecule has 0 saturated heterocycles. The van der Waals surface area contributed by atoms with Crippen LogP contribution in [0, 0.1) is 16.7 Å². The summed E-state index contributed by atoms with van der Waals surface area (Å²) in [5, 5.41) is 12.9. The predicted octanol–water partition coefficient (Wildman–Crippen LogP) is 3.39. The molecular weight excluding hydrogens is 288 g/mol. The van der Waals surface area contributed by atoms with E-state index in [2.05, 4.69) is 11.4 Å². The molecule has 0 bridgehead atoms. The maximum Gasteiger partial charge on any atom is 0.142 e. The Balaban J connectivity index is 2.61. The molecule has 0 aromatic heterocycles. The molecule has 1 aromatic carbocycles. The Labute approximate surface area is 132 Å². The molecule has 1 N–H and O–H groups in total. The normalized spacial score (nSPS) is 11.2. The third kappa shape index (κ3) is 6.34. The zero-order chi connectivity index (χ0) is 15.7. The first-order valence-electron chi connectivity index (χ1n) is 7.01. The van der Waals surface area contributed by atoms with Crippen molar-refractivity contribution in [3.05, 3.63) is 28.8 Å². The Bertz CT molecular complexity index is 484. The largest absolute Gasteiger partial charge is 0.492 e. The fourth-order valence-electron chi connectivity index (χ4n) is 1.72. The van der Waals surface area contributed by atoms with Crippen LogP contribution in [0.4, 0.5) is 0 Å². The van der Waals surface area contributed by atoms with E-state index in [4.69, 9.17) is 26.3 Å². The Morgan fingerprint density at radius 3 is 2.76 bits per heavy atom. The van der Waals surface area contributed by atoms with Gasteiger partial charge in [-0.25, -0.2) is 0 Å². The summed E-state index contributed by atoms with van der Waals surface area (Å²) in [5.41, 5.74) is 0.617. The van der Waals surface area contributed by atoms with Gasteiger partial charge in [-0.1, -0.05) is 23.7 Å². The lowest BCUT2D eigenvalue weighted by Crippen LogP contribution is -2.19. The monoisotopic (exact) mass is 310 g/mol. The van der Waals surface area contributed by atoms with Crippen molar-refractivity contribution in [2.75, 3.05) is 26.9 Å². The van der Waals surface area contributed by atoms with Crippen LogP contribution >= 0.6 is 11.6 Å². The SMILES string of the molecule is COCCNCc1cccc(Cl)c1OCCC(C)(C)C#N. The van der Waals surface area contributed by atoms with Gasteiger partial charge in [-0.2, -0.15) is 5.26 Å². The lowest BCUT2D eigenvalue weighted by Gasteiger charge is -2.18. The third-order valence-electron chi connectivity index (χ3n) is 3.12. The number of nitrogens with one attached hydrogen (secondary N) is 1. The highest BCUT2D eigenvalue weighted by Crippen LogP contribution is 2.29. The second-order valence-corrected chi connectivity index (χ2v) is 5.90. The number of ether oxygens (including phenoxy) is 2. The molecule has 1 rings (SSSR count). The van der Waals surface area contributed by atoms with Crippen LogP contribution in [0.2, 0.25) is 5.02 Å². The Morgan fingerprint density at radius 1 is 1.33 bits per heavy atom. The van der Waals surface area contributed by atoms with Gasteiger partial charge in [0.15, 0.2) is 0 Å². The second kappa shape index (κ2) is 8.89. The topological polar surface area (TPSA) is 54.3 Å². The number of nitrogens with zero attached hydrogens (tertiary/aromatic N) is 1. The van der Waals surface area contributed by atoms with Crippen LogP contribution in [-0.4, -0.2) is 26.9 Å². The second-order valence-electron chi connectivity index (χ2n) is 5.49. The van der Waals surface area contributed by atoms with Gasteiger partial charge in [0, 0.05) is 25.8 Å². The van der Waals surface area contributed by atoms with Crippen LogP contribution in [0.5, 0.6) is 5.75 Å². The van der Waals surface area contributed by atoms with E-state index in [1.165, 1.54) is 0 Å². The van der Waals surface area contributed by atoms with Gasteiger partial charge in [0.25, 0.3) is 0 Å². The highest BCUT2D eigenvalue weighted by Gasteiger charge is 2.17. The average molecular weight is 311 g/mol. The van der Waals surface area contributed by atoms with Gasteiger partial charge in [-0.15, -0.1) is 0 Å². The molecule has 0 aliphatic heterocycles. The molecule has 0 atom stereocenters. The molecule has 0 amide bonds.